The second kappa shape index (κ2) is 7.17. The van der Waals surface area contributed by atoms with Crippen LogP contribution in [0.15, 0.2) is 54.6 Å². The summed E-state index contributed by atoms with van der Waals surface area (Å²) in [4.78, 5) is 2.28. The molecule has 1 atom stereocenters. The number of benzene rings is 2. The highest BCUT2D eigenvalue weighted by Gasteiger charge is 2.18. The summed E-state index contributed by atoms with van der Waals surface area (Å²) < 4.78 is 13.1. The van der Waals surface area contributed by atoms with E-state index < -0.39 is 0 Å². The van der Waals surface area contributed by atoms with Crippen LogP contribution in [0, 0.1) is 5.82 Å². The van der Waals surface area contributed by atoms with Gasteiger partial charge in [-0.15, -0.1) is 0 Å². The molecule has 0 spiro atoms. The maximum Gasteiger partial charge on any atom is 0.123 e. The van der Waals surface area contributed by atoms with Gasteiger partial charge in [-0.25, -0.2) is 4.39 Å². The van der Waals surface area contributed by atoms with E-state index in [4.69, 9.17) is 0 Å². The molecular weight excluding hydrogens is 251 g/mol. The third-order valence-corrected chi connectivity index (χ3v) is 3.46. The highest BCUT2D eigenvalue weighted by atomic mass is 19.1. The molecule has 0 heterocycles. The zero-order valence-electron chi connectivity index (χ0n) is 12.0. The minimum Gasteiger partial charge on any atom is -0.318 e. The summed E-state index contributed by atoms with van der Waals surface area (Å²) in [5.41, 5.74) is 2.33. The van der Waals surface area contributed by atoms with Gasteiger partial charge in [0.05, 0.1) is 6.04 Å². The molecule has 0 saturated carbocycles. The summed E-state index contributed by atoms with van der Waals surface area (Å²) in [5.74, 6) is -0.196. The first kappa shape index (κ1) is 14.7. The van der Waals surface area contributed by atoms with E-state index >= 15 is 0 Å². The van der Waals surface area contributed by atoms with Crippen LogP contribution in [0.5, 0.6) is 0 Å². The van der Waals surface area contributed by atoms with E-state index in [1.807, 2.05) is 37.4 Å². The molecule has 106 valence electrons. The number of likely N-dealkylation sites (N-methyl/N-ethyl adjacent to an activating group) is 2. The molecule has 1 unspecified atom stereocenters. The number of rotatable bonds is 6. The fourth-order valence-corrected chi connectivity index (χ4v) is 2.40. The van der Waals surface area contributed by atoms with Gasteiger partial charge in [0.25, 0.3) is 0 Å². The highest BCUT2D eigenvalue weighted by Crippen LogP contribution is 2.27. The van der Waals surface area contributed by atoms with Gasteiger partial charge in [-0.3, -0.25) is 4.90 Å². The average molecular weight is 272 g/mol. The van der Waals surface area contributed by atoms with Crippen molar-refractivity contribution < 1.29 is 4.39 Å². The van der Waals surface area contributed by atoms with Crippen LogP contribution in [-0.4, -0.2) is 32.1 Å². The van der Waals surface area contributed by atoms with E-state index in [0.717, 1.165) is 18.7 Å². The summed E-state index contributed by atoms with van der Waals surface area (Å²) in [6.07, 6.45) is 0. The fraction of sp³-hybridized carbons (Fsp3) is 0.294. The van der Waals surface area contributed by atoms with Crippen LogP contribution >= 0.6 is 0 Å². The Hall–Kier alpha value is -1.71. The molecule has 0 saturated heterocycles. The van der Waals surface area contributed by atoms with Crippen LogP contribution in [-0.2, 0) is 0 Å². The summed E-state index contributed by atoms with van der Waals surface area (Å²) >= 11 is 0. The minimum absolute atomic E-state index is 0.144. The SMILES string of the molecule is CNCCN(C)C(c1ccccc1)c1ccc(F)cc1. The molecule has 2 rings (SSSR count). The van der Waals surface area contributed by atoms with Crippen LogP contribution in [0.25, 0.3) is 0 Å². The number of nitrogens with zero attached hydrogens (tertiary/aromatic N) is 1. The van der Waals surface area contributed by atoms with Crippen molar-refractivity contribution in [2.24, 2.45) is 0 Å². The second-order valence-electron chi connectivity index (χ2n) is 4.95. The summed E-state index contributed by atoms with van der Waals surface area (Å²) in [6.45, 7) is 1.84. The first-order chi connectivity index (χ1) is 9.72. The molecule has 0 radical (unpaired) electrons. The van der Waals surface area contributed by atoms with Crippen molar-refractivity contribution in [2.45, 2.75) is 6.04 Å². The van der Waals surface area contributed by atoms with Crippen molar-refractivity contribution in [3.8, 4) is 0 Å². The van der Waals surface area contributed by atoms with Crippen LogP contribution in [0.1, 0.15) is 17.2 Å². The lowest BCUT2D eigenvalue weighted by atomic mass is 9.97. The lowest BCUT2D eigenvalue weighted by Gasteiger charge is -2.29. The van der Waals surface area contributed by atoms with Crippen molar-refractivity contribution >= 4 is 0 Å². The molecule has 2 aromatic rings. The van der Waals surface area contributed by atoms with Crippen LogP contribution in [0.3, 0.4) is 0 Å². The monoisotopic (exact) mass is 272 g/mol. The molecule has 0 aromatic heterocycles. The average Bonchev–Trinajstić information content (AvgIpc) is 2.48. The first-order valence-electron chi connectivity index (χ1n) is 6.87. The normalized spacial score (nSPS) is 12.6. The van der Waals surface area contributed by atoms with Gasteiger partial charge >= 0.3 is 0 Å². The molecule has 0 aliphatic heterocycles. The van der Waals surface area contributed by atoms with E-state index in [1.54, 1.807) is 0 Å². The van der Waals surface area contributed by atoms with Crippen molar-refractivity contribution in [2.75, 3.05) is 27.2 Å². The van der Waals surface area contributed by atoms with Crippen LogP contribution < -0.4 is 5.32 Å². The molecule has 20 heavy (non-hydrogen) atoms. The predicted molar refractivity (Wildman–Crippen MR) is 81.2 cm³/mol. The number of hydrogen-bond acceptors (Lipinski definition) is 2. The Morgan fingerprint density at radius 2 is 1.60 bits per heavy atom. The number of halogens is 1. The molecule has 3 heteroatoms. The van der Waals surface area contributed by atoms with E-state index in [0.29, 0.717) is 0 Å². The predicted octanol–water partition coefficient (Wildman–Crippen LogP) is 3.07. The lowest BCUT2D eigenvalue weighted by Crippen LogP contribution is -2.31. The lowest BCUT2D eigenvalue weighted by molar-refractivity contribution is 0.280. The van der Waals surface area contributed by atoms with E-state index in [2.05, 4.69) is 29.4 Å². The molecule has 0 aliphatic carbocycles. The van der Waals surface area contributed by atoms with E-state index in [-0.39, 0.29) is 11.9 Å². The van der Waals surface area contributed by atoms with Crippen molar-refractivity contribution in [3.05, 3.63) is 71.5 Å². The molecule has 0 amide bonds. The topological polar surface area (TPSA) is 15.3 Å². The third-order valence-electron chi connectivity index (χ3n) is 3.46. The molecule has 0 fully saturated rings. The summed E-state index contributed by atoms with van der Waals surface area (Å²) in [7, 11) is 4.04. The Labute approximate surface area is 120 Å². The minimum atomic E-state index is -0.196. The first-order valence-corrected chi connectivity index (χ1v) is 6.87. The summed E-state index contributed by atoms with van der Waals surface area (Å²) in [6, 6.07) is 17.2. The third kappa shape index (κ3) is 3.65. The molecule has 2 nitrogen and oxygen atoms in total. The van der Waals surface area contributed by atoms with Gasteiger partial charge in [0, 0.05) is 13.1 Å². The molecule has 2 aromatic carbocycles. The zero-order chi connectivity index (χ0) is 14.4. The maximum atomic E-state index is 13.1. The largest absolute Gasteiger partial charge is 0.318 e. The van der Waals surface area contributed by atoms with Gasteiger partial charge in [-0.2, -0.15) is 0 Å². The quantitative estimate of drug-likeness (QED) is 0.869. The Kier molecular flexibility index (Phi) is 5.27. The number of nitrogens with one attached hydrogen (secondary N) is 1. The number of hydrogen-bond donors (Lipinski definition) is 1. The van der Waals surface area contributed by atoms with Gasteiger partial charge < -0.3 is 5.32 Å². The molecular formula is C17H21FN2. The zero-order valence-corrected chi connectivity index (χ0v) is 12.0. The van der Waals surface area contributed by atoms with Gasteiger partial charge in [-0.05, 0) is 37.4 Å². The summed E-state index contributed by atoms with van der Waals surface area (Å²) in [5, 5.41) is 3.16. The Bertz CT molecular complexity index is 510. The molecule has 0 bridgehead atoms. The van der Waals surface area contributed by atoms with E-state index in [1.165, 1.54) is 17.7 Å². The van der Waals surface area contributed by atoms with Crippen molar-refractivity contribution in [1.82, 2.24) is 10.2 Å². The highest BCUT2D eigenvalue weighted by molar-refractivity contribution is 5.31. The van der Waals surface area contributed by atoms with Crippen LogP contribution in [0.2, 0.25) is 0 Å². The van der Waals surface area contributed by atoms with Gasteiger partial charge in [-0.1, -0.05) is 42.5 Å². The standard InChI is InChI=1S/C17H21FN2/c1-19-12-13-20(2)17(14-6-4-3-5-7-14)15-8-10-16(18)11-9-15/h3-11,17,19H,12-13H2,1-2H3. The maximum absolute atomic E-state index is 13.1. The van der Waals surface area contributed by atoms with E-state index in [9.17, 15) is 4.39 Å². The van der Waals surface area contributed by atoms with Crippen LogP contribution in [0.4, 0.5) is 4.39 Å². The Morgan fingerprint density at radius 1 is 1.00 bits per heavy atom. The Morgan fingerprint density at radius 3 is 2.20 bits per heavy atom. The van der Waals surface area contributed by atoms with Crippen molar-refractivity contribution in [3.63, 3.8) is 0 Å². The molecule has 0 aliphatic rings. The second-order valence-corrected chi connectivity index (χ2v) is 4.95. The molecule has 1 N–H and O–H groups in total. The van der Waals surface area contributed by atoms with Gasteiger partial charge in [0.1, 0.15) is 5.82 Å². The Balaban J connectivity index is 2.31. The van der Waals surface area contributed by atoms with Crippen molar-refractivity contribution in [1.29, 1.82) is 0 Å². The van der Waals surface area contributed by atoms with Gasteiger partial charge in [0.2, 0.25) is 0 Å². The smallest absolute Gasteiger partial charge is 0.123 e. The fourth-order valence-electron chi connectivity index (χ4n) is 2.40. The van der Waals surface area contributed by atoms with Gasteiger partial charge in [0.15, 0.2) is 0 Å².